The van der Waals surface area contributed by atoms with Gasteiger partial charge in [-0.3, -0.25) is 9.78 Å². The molecule has 7 heteroatoms. The molecule has 7 nitrogen and oxygen atoms in total. The average Bonchev–Trinajstić information content (AvgIpc) is 2.86. The van der Waals surface area contributed by atoms with Gasteiger partial charge in [-0.05, 0) is 18.1 Å². The summed E-state index contributed by atoms with van der Waals surface area (Å²) in [4.78, 5) is 26.8. The summed E-state index contributed by atoms with van der Waals surface area (Å²) in [6.45, 7) is 7.02. The molecule has 0 aliphatic heterocycles. The maximum absolute atomic E-state index is 11.6. The fraction of sp³-hybridized carbons (Fsp3) is 0.412. The second kappa shape index (κ2) is 6.07. The number of nitrogens with zero attached hydrogens (tertiary/aromatic N) is 5. The Morgan fingerprint density at radius 3 is 2.75 bits per heavy atom. The first-order valence-electron chi connectivity index (χ1n) is 7.99. The summed E-state index contributed by atoms with van der Waals surface area (Å²) in [5.41, 5.74) is 9.20. The van der Waals surface area contributed by atoms with Gasteiger partial charge in [0.2, 0.25) is 5.91 Å². The average molecular weight is 326 g/mol. The van der Waals surface area contributed by atoms with Crippen molar-refractivity contribution in [2.45, 2.75) is 33.9 Å². The summed E-state index contributed by atoms with van der Waals surface area (Å²) in [5, 5.41) is 0. The third-order valence-electron chi connectivity index (χ3n) is 4.00. The monoisotopic (exact) mass is 326 g/mol. The van der Waals surface area contributed by atoms with E-state index in [9.17, 15) is 4.79 Å². The minimum atomic E-state index is -0.00719. The highest BCUT2D eigenvalue weighted by atomic mass is 16.2. The Bertz CT molecular complexity index is 914. The molecule has 3 aromatic rings. The third-order valence-corrected chi connectivity index (χ3v) is 4.00. The normalized spacial score (nSPS) is 11.5. The third kappa shape index (κ3) is 2.77. The fourth-order valence-electron chi connectivity index (χ4n) is 2.78. The molecule has 2 N–H and O–H groups in total. The molecular formula is C17H22N6O. The molecule has 0 aliphatic rings. The van der Waals surface area contributed by atoms with E-state index in [1.54, 1.807) is 25.1 Å². The van der Waals surface area contributed by atoms with E-state index >= 15 is 0 Å². The molecule has 3 rings (SSSR count). The number of pyridine rings is 2. The van der Waals surface area contributed by atoms with Crippen LogP contribution >= 0.6 is 0 Å². The van der Waals surface area contributed by atoms with E-state index in [4.69, 9.17) is 5.73 Å². The van der Waals surface area contributed by atoms with Gasteiger partial charge in [-0.1, -0.05) is 13.8 Å². The zero-order chi connectivity index (χ0) is 17.4. The number of fused-ring (bicyclic) bond motifs is 3. The van der Waals surface area contributed by atoms with Crippen molar-refractivity contribution < 1.29 is 4.79 Å². The smallest absolute Gasteiger partial charge is 0.219 e. The van der Waals surface area contributed by atoms with Crippen LogP contribution in [0.1, 0.15) is 26.6 Å². The van der Waals surface area contributed by atoms with Gasteiger partial charge in [-0.2, -0.15) is 0 Å². The number of rotatable bonds is 4. The number of amides is 1. The number of hydrogen-bond acceptors (Lipinski definition) is 5. The number of imidazole rings is 1. The van der Waals surface area contributed by atoms with Crippen LogP contribution in [-0.4, -0.2) is 37.4 Å². The van der Waals surface area contributed by atoms with Crippen molar-refractivity contribution in [3.63, 3.8) is 0 Å². The van der Waals surface area contributed by atoms with Gasteiger partial charge in [0.05, 0.1) is 12.1 Å². The van der Waals surface area contributed by atoms with E-state index in [2.05, 4.69) is 33.4 Å². The maximum atomic E-state index is 11.6. The number of carbonyl (C=O) groups is 1. The standard InChI is InChI=1S/C17H22N6O/c1-10(2)8-23-13(9-22(4)11(3)24)21-15-16(23)14-12(20-17(15)18)6-5-7-19-14/h5-7,10H,8-9H2,1-4H3,(H2,18,20). The molecule has 126 valence electrons. The molecule has 1 amide bonds. The first-order chi connectivity index (χ1) is 11.4. The predicted octanol–water partition coefficient (Wildman–Crippen LogP) is 2.20. The number of anilines is 1. The van der Waals surface area contributed by atoms with Gasteiger partial charge in [0.1, 0.15) is 22.4 Å². The molecule has 0 spiro atoms. The Hall–Kier alpha value is -2.70. The summed E-state index contributed by atoms with van der Waals surface area (Å²) in [6.07, 6.45) is 1.74. The molecule has 0 fully saturated rings. The van der Waals surface area contributed by atoms with Crippen LogP contribution in [0.15, 0.2) is 18.3 Å². The quantitative estimate of drug-likeness (QED) is 0.794. The van der Waals surface area contributed by atoms with Gasteiger partial charge < -0.3 is 15.2 Å². The second-order valence-electron chi connectivity index (χ2n) is 6.47. The van der Waals surface area contributed by atoms with Gasteiger partial charge in [0, 0.05) is 26.7 Å². The maximum Gasteiger partial charge on any atom is 0.219 e. The molecule has 3 aromatic heterocycles. The molecule has 3 heterocycles. The van der Waals surface area contributed by atoms with Gasteiger partial charge in [-0.25, -0.2) is 9.97 Å². The summed E-state index contributed by atoms with van der Waals surface area (Å²) in [7, 11) is 1.76. The largest absolute Gasteiger partial charge is 0.382 e. The zero-order valence-corrected chi connectivity index (χ0v) is 14.4. The molecule has 0 saturated carbocycles. The lowest BCUT2D eigenvalue weighted by atomic mass is 10.2. The van der Waals surface area contributed by atoms with E-state index in [0.29, 0.717) is 23.8 Å². The Kier molecular flexibility index (Phi) is 4.09. The molecular weight excluding hydrogens is 304 g/mol. The molecule has 0 atom stereocenters. The van der Waals surface area contributed by atoms with Crippen molar-refractivity contribution in [2.75, 3.05) is 12.8 Å². The summed E-state index contributed by atoms with van der Waals surface area (Å²) >= 11 is 0. The van der Waals surface area contributed by atoms with Crippen LogP contribution in [-0.2, 0) is 17.9 Å². The van der Waals surface area contributed by atoms with Crippen molar-refractivity contribution in [3.8, 4) is 0 Å². The molecule has 0 bridgehead atoms. The highest BCUT2D eigenvalue weighted by molar-refractivity contribution is 6.04. The first-order valence-corrected chi connectivity index (χ1v) is 7.99. The highest BCUT2D eigenvalue weighted by Gasteiger charge is 2.20. The predicted molar refractivity (Wildman–Crippen MR) is 94.2 cm³/mol. The van der Waals surface area contributed by atoms with Crippen molar-refractivity contribution in [1.29, 1.82) is 0 Å². The lowest BCUT2D eigenvalue weighted by molar-refractivity contribution is -0.128. The van der Waals surface area contributed by atoms with E-state index in [0.717, 1.165) is 28.9 Å². The van der Waals surface area contributed by atoms with Crippen molar-refractivity contribution in [1.82, 2.24) is 24.4 Å². The van der Waals surface area contributed by atoms with Crippen LogP contribution in [0.4, 0.5) is 5.82 Å². The molecule has 0 aromatic carbocycles. The van der Waals surface area contributed by atoms with E-state index < -0.39 is 0 Å². The van der Waals surface area contributed by atoms with Crippen LogP contribution in [0.2, 0.25) is 0 Å². The van der Waals surface area contributed by atoms with Crippen LogP contribution in [0.25, 0.3) is 22.1 Å². The zero-order valence-electron chi connectivity index (χ0n) is 14.4. The minimum Gasteiger partial charge on any atom is -0.382 e. The topological polar surface area (TPSA) is 89.9 Å². The second-order valence-corrected chi connectivity index (χ2v) is 6.47. The molecule has 0 aliphatic carbocycles. The Morgan fingerprint density at radius 2 is 2.08 bits per heavy atom. The summed E-state index contributed by atoms with van der Waals surface area (Å²) in [5.74, 6) is 1.59. The Labute approximate surface area is 140 Å². The van der Waals surface area contributed by atoms with Gasteiger partial charge in [-0.15, -0.1) is 0 Å². The number of carbonyl (C=O) groups excluding carboxylic acids is 1. The van der Waals surface area contributed by atoms with Gasteiger partial charge in [0.25, 0.3) is 0 Å². The summed E-state index contributed by atoms with van der Waals surface area (Å²) in [6, 6.07) is 3.74. The Balaban J connectivity index is 2.30. The van der Waals surface area contributed by atoms with Crippen LogP contribution in [0.3, 0.4) is 0 Å². The van der Waals surface area contributed by atoms with Crippen molar-refractivity contribution >= 4 is 33.8 Å². The van der Waals surface area contributed by atoms with Crippen molar-refractivity contribution in [3.05, 3.63) is 24.2 Å². The first kappa shape index (κ1) is 16.2. The lowest BCUT2D eigenvalue weighted by Gasteiger charge is -2.17. The number of nitrogen functional groups attached to an aromatic ring is 1. The highest BCUT2D eigenvalue weighted by Crippen LogP contribution is 2.28. The summed E-state index contributed by atoms with van der Waals surface area (Å²) < 4.78 is 2.12. The fourth-order valence-corrected chi connectivity index (χ4v) is 2.78. The molecule has 0 saturated heterocycles. The van der Waals surface area contributed by atoms with Crippen molar-refractivity contribution in [2.24, 2.45) is 5.92 Å². The van der Waals surface area contributed by atoms with E-state index in [1.165, 1.54) is 0 Å². The number of aromatic nitrogens is 4. The minimum absolute atomic E-state index is 0.00719. The molecule has 0 radical (unpaired) electrons. The Morgan fingerprint density at radius 1 is 1.33 bits per heavy atom. The SMILES string of the molecule is CC(=O)N(C)Cc1nc2c(N)nc3cccnc3c2n1CC(C)C. The number of hydrogen-bond donors (Lipinski definition) is 1. The number of nitrogens with two attached hydrogens (primary N) is 1. The molecule has 0 unspecified atom stereocenters. The van der Waals surface area contributed by atoms with E-state index in [1.807, 2.05) is 12.1 Å². The molecule has 24 heavy (non-hydrogen) atoms. The van der Waals surface area contributed by atoms with Gasteiger partial charge in [0.15, 0.2) is 5.82 Å². The van der Waals surface area contributed by atoms with E-state index in [-0.39, 0.29) is 5.91 Å². The van der Waals surface area contributed by atoms with Crippen LogP contribution in [0, 0.1) is 5.92 Å². The van der Waals surface area contributed by atoms with Gasteiger partial charge >= 0.3 is 0 Å². The van der Waals surface area contributed by atoms with Crippen LogP contribution in [0.5, 0.6) is 0 Å². The van der Waals surface area contributed by atoms with Crippen LogP contribution < -0.4 is 5.73 Å². The lowest BCUT2D eigenvalue weighted by Crippen LogP contribution is -2.25.